The van der Waals surface area contributed by atoms with Gasteiger partial charge in [-0.2, -0.15) is 0 Å². The van der Waals surface area contributed by atoms with Gasteiger partial charge in [0.2, 0.25) is 11.8 Å². The topological polar surface area (TPSA) is 67.9 Å². The van der Waals surface area contributed by atoms with Crippen LogP contribution < -0.4 is 19.7 Å². The van der Waals surface area contributed by atoms with Crippen molar-refractivity contribution in [2.24, 2.45) is 5.92 Å². The minimum absolute atomic E-state index is 0.0624. The Labute approximate surface area is 173 Å². The number of carbonyl (C=O) groups excluding carboxylic acids is 2. The van der Waals surface area contributed by atoms with Gasteiger partial charge < -0.3 is 19.7 Å². The molecule has 2 aromatic carbocycles. The van der Waals surface area contributed by atoms with Crippen LogP contribution in [0, 0.1) is 11.7 Å². The second kappa shape index (κ2) is 9.13. The molecule has 0 spiro atoms. The molecule has 1 saturated heterocycles. The summed E-state index contributed by atoms with van der Waals surface area (Å²) < 4.78 is 24.2. The minimum Gasteiger partial charge on any atom is -0.493 e. The van der Waals surface area contributed by atoms with E-state index in [1.54, 1.807) is 19.2 Å². The van der Waals surface area contributed by atoms with Crippen molar-refractivity contribution >= 4 is 29.1 Å². The highest BCUT2D eigenvalue weighted by atomic mass is 35.5. The summed E-state index contributed by atoms with van der Waals surface area (Å²) >= 11 is 5.80. The van der Waals surface area contributed by atoms with Crippen LogP contribution in [0.4, 0.5) is 10.1 Å². The molecule has 1 unspecified atom stereocenters. The van der Waals surface area contributed by atoms with E-state index in [0.29, 0.717) is 30.3 Å². The molecule has 0 saturated carbocycles. The first kappa shape index (κ1) is 20.9. The predicted molar refractivity (Wildman–Crippen MR) is 108 cm³/mol. The van der Waals surface area contributed by atoms with Crippen LogP contribution in [0.3, 0.4) is 0 Å². The van der Waals surface area contributed by atoms with Crippen molar-refractivity contribution in [2.75, 3.05) is 25.2 Å². The summed E-state index contributed by atoms with van der Waals surface area (Å²) in [6.07, 6.45) is 0.0907. The third kappa shape index (κ3) is 4.79. The lowest BCUT2D eigenvalue weighted by Gasteiger charge is -2.17. The zero-order valence-electron chi connectivity index (χ0n) is 16.2. The highest BCUT2D eigenvalue weighted by Gasteiger charge is 2.35. The molecule has 1 aliphatic rings. The summed E-state index contributed by atoms with van der Waals surface area (Å²) in [5, 5.41) is 2.79. The van der Waals surface area contributed by atoms with Gasteiger partial charge in [-0.1, -0.05) is 17.7 Å². The Morgan fingerprint density at radius 1 is 1.28 bits per heavy atom. The Morgan fingerprint density at radius 3 is 2.76 bits per heavy atom. The number of halogens is 2. The van der Waals surface area contributed by atoms with Crippen molar-refractivity contribution in [1.29, 1.82) is 0 Å². The summed E-state index contributed by atoms with van der Waals surface area (Å²) in [4.78, 5) is 26.3. The standard InChI is InChI=1S/C21H22ClFN2O4/c1-3-29-18-7-4-13(8-19(18)28-2)11-24-21(27)14-9-20(26)25(12-14)15-5-6-17(23)16(22)10-15/h4-8,10,14H,3,9,11-12H2,1-2H3,(H,24,27). The molecule has 0 radical (unpaired) electrons. The molecule has 154 valence electrons. The van der Waals surface area contributed by atoms with Crippen molar-refractivity contribution in [2.45, 2.75) is 19.9 Å². The second-order valence-corrected chi connectivity index (χ2v) is 7.05. The molecule has 1 fully saturated rings. The van der Waals surface area contributed by atoms with Gasteiger partial charge in [0, 0.05) is 25.2 Å². The van der Waals surface area contributed by atoms with E-state index in [4.69, 9.17) is 21.1 Å². The van der Waals surface area contributed by atoms with Gasteiger partial charge in [0.25, 0.3) is 0 Å². The monoisotopic (exact) mass is 420 g/mol. The van der Waals surface area contributed by atoms with Gasteiger partial charge >= 0.3 is 0 Å². The molecule has 2 aromatic rings. The number of nitrogens with one attached hydrogen (secondary N) is 1. The number of methoxy groups -OCH3 is 1. The summed E-state index contributed by atoms with van der Waals surface area (Å²) in [5.41, 5.74) is 1.33. The third-order valence-electron chi connectivity index (χ3n) is 4.71. The van der Waals surface area contributed by atoms with Crippen LogP contribution >= 0.6 is 11.6 Å². The first-order valence-corrected chi connectivity index (χ1v) is 9.63. The first-order chi connectivity index (χ1) is 13.9. The maximum Gasteiger partial charge on any atom is 0.227 e. The Balaban J connectivity index is 1.61. The number of hydrogen-bond acceptors (Lipinski definition) is 4. The van der Waals surface area contributed by atoms with E-state index < -0.39 is 11.7 Å². The summed E-state index contributed by atoms with van der Waals surface area (Å²) in [6.45, 7) is 2.94. The highest BCUT2D eigenvalue weighted by molar-refractivity contribution is 6.31. The van der Waals surface area contributed by atoms with Crippen LogP contribution in [0.5, 0.6) is 11.5 Å². The quantitative estimate of drug-likeness (QED) is 0.743. The van der Waals surface area contributed by atoms with Crippen LogP contribution in [-0.4, -0.2) is 32.1 Å². The van der Waals surface area contributed by atoms with Gasteiger partial charge in [0.05, 0.1) is 24.7 Å². The fourth-order valence-electron chi connectivity index (χ4n) is 3.22. The van der Waals surface area contributed by atoms with E-state index >= 15 is 0 Å². The molecule has 1 aliphatic heterocycles. The molecular weight excluding hydrogens is 399 g/mol. The van der Waals surface area contributed by atoms with Crippen molar-refractivity contribution in [3.8, 4) is 11.5 Å². The molecule has 1 N–H and O–H groups in total. The van der Waals surface area contributed by atoms with Crippen molar-refractivity contribution in [3.05, 3.63) is 52.8 Å². The number of carbonyl (C=O) groups is 2. The van der Waals surface area contributed by atoms with Gasteiger partial charge in [-0.25, -0.2) is 4.39 Å². The lowest BCUT2D eigenvalue weighted by molar-refractivity contribution is -0.126. The van der Waals surface area contributed by atoms with Gasteiger partial charge in [-0.3, -0.25) is 9.59 Å². The molecule has 3 rings (SSSR count). The number of benzene rings is 2. The lowest BCUT2D eigenvalue weighted by atomic mass is 10.1. The molecule has 2 amide bonds. The van der Waals surface area contributed by atoms with Crippen LogP contribution in [0.1, 0.15) is 18.9 Å². The van der Waals surface area contributed by atoms with E-state index in [1.165, 1.54) is 23.1 Å². The Morgan fingerprint density at radius 2 is 2.07 bits per heavy atom. The van der Waals surface area contributed by atoms with Crippen molar-refractivity contribution in [1.82, 2.24) is 5.32 Å². The molecule has 29 heavy (non-hydrogen) atoms. The number of anilines is 1. The van der Waals surface area contributed by atoms with Crippen molar-refractivity contribution in [3.63, 3.8) is 0 Å². The lowest BCUT2D eigenvalue weighted by Crippen LogP contribution is -2.32. The molecule has 1 heterocycles. The molecule has 1 atom stereocenters. The summed E-state index contributed by atoms with van der Waals surface area (Å²) in [6, 6.07) is 9.52. The number of hydrogen-bond donors (Lipinski definition) is 1. The fourth-order valence-corrected chi connectivity index (χ4v) is 3.39. The zero-order chi connectivity index (χ0) is 21.0. The number of ether oxygens (including phenoxy) is 2. The van der Waals surface area contributed by atoms with Crippen LogP contribution in [0.25, 0.3) is 0 Å². The maximum atomic E-state index is 13.4. The maximum absolute atomic E-state index is 13.4. The molecule has 0 aromatic heterocycles. The van der Waals surface area contributed by atoms with Crippen molar-refractivity contribution < 1.29 is 23.5 Å². The SMILES string of the molecule is CCOc1ccc(CNC(=O)C2CC(=O)N(c3ccc(F)c(Cl)c3)C2)cc1OC. The number of amides is 2. The Bertz CT molecular complexity index is 922. The number of rotatable bonds is 7. The van der Waals surface area contributed by atoms with E-state index in [2.05, 4.69) is 5.32 Å². The van der Waals surface area contributed by atoms with E-state index in [0.717, 1.165) is 5.56 Å². The van der Waals surface area contributed by atoms with E-state index in [9.17, 15) is 14.0 Å². The van der Waals surface area contributed by atoms with Gasteiger partial charge in [0.15, 0.2) is 11.5 Å². The minimum atomic E-state index is -0.554. The Hall–Kier alpha value is -2.80. The van der Waals surface area contributed by atoms with Crippen LogP contribution in [0.2, 0.25) is 5.02 Å². The largest absolute Gasteiger partial charge is 0.493 e. The smallest absolute Gasteiger partial charge is 0.227 e. The van der Waals surface area contributed by atoms with Gasteiger partial charge in [-0.15, -0.1) is 0 Å². The number of nitrogens with zero attached hydrogens (tertiary/aromatic N) is 1. The molecule has 0 aliphatic carbocycles. The molecule has 6 nitrogen and oxygen atoms in total. The average molecular weight is 421 g/mol. The molecular formula is C21H22ClFN2O4. The summed E-state index contributed by atoms with van der Waals surface area (Å²) in [7, 11) is 1.56. The van der Waals surface area contributed by atoms with E-state index in [1.807, 2.05) is 13.0 Å². The normalized spacial score (nSPS) is 16.1. The summed E-state index contributed by atoms with van der Waals surface area (Å²) in [5.74, 6) is -0.232. The first-order valence-electron chi connectivity index (χ1n) is 9.25. The van der Waals surface area contributed by atoms with Crippen LogP contribution in [-0.2, 0) is 16.1 Å². The fraction of sp³-hybridized carbons (Fsp3) is 0.333. The molecule has 0 bridgehead atoms. The van der Waals surface area contributed by atoms with Gasteiger partial charge in [0.1, 0.15) is 5.82 Å². The van der Waals surface area contributed by atoms with E-state index in [-0.39, 0.29) is 29.8 Å². The van der Waals surface area contributed by atoms with Gasteiger partial charge in [-0.05, 0) is 42.8 Å². The highest BCUT2D eigenvalue weighted by Crippen LogP contribution is 2.30. The molecule has 8 heteroatoms. The third-order valence-corrected chi connectivity index (χ3v) is 4.99. The Kier molecular flexibility index (Phi) is 6.59. The second-order valence-electron chi connectivity index (χ2n) is 6.64. The predicted octanol–water partition coefficient (Wildman–Crippen LogP) is 3.56. The zero-order valence-corrected chi connectivity index (χ0v) is 17.0. The average Bonchev–Trinajstić information content (AvgIpc) is 3.11. The van der Waals surface area contributed by atoms with Crippen LogP contribution in [0.15, 0.2) is 36.4 Å².